The topological polar surface area (TPSA) is 147 Å². The molecule has 6 aliphatic rings. The van der Waals surface area contributed by atoms with Crippen LogP contribution in [0.1, 0.15) is 131 Å². The Balaban J connectivity index is 1.21. The predicted octanol–water partition coefficient (Wildman–Crippen LogP) is 5.06. The van der Waals surface area contributed by atoms with Crippen molar-refractivity contribution >= 4 is 41.0 Å². The van der Waals surface area contributed by atoms with E-state index in [2.05, 4.69) is 19.2 Å². The van der Waals surface area contributed by atoms with Crippen molar-refractivity contribution in [2.75, 3.05) is 19.7 Å². The first-order chi connectivity index (χ1) is 25.0. The molecule has 3 aliphatic carbocycles. The van der Waals surface area contributed by atoms with Crippen LogP contribution in [-0.4, -0.2) is 88.7 Å². The molecule has 0 aromatic carbocycles. The molecule has 0 aromatic heterocycles. The predicted molar refractivity (Wildman–Crippen MR) is 197 cm³/mol. The lowest BCUT2D eigenvalue weighted by atomic mass is 9.76. The summed E-state index contributed by atoms with van der Waals surface area (Å²) in [5.74, 6) is -3.99. The van der Waals surface area contributed by atoms with Crippen molar-refractivity contribution in [3.05, 3.63) is 0 Å². The first-order valence-corrected chi connectivity index (χ1v) is 20.6. The Morgan fingerprint density at radius 1 is 0.887 bits per heavy atom. The number of fused-ring (bicyclic) bond motifs is 5. The highest BCUT2D eigenvalue weighted by Crippen LogP contribution is 2.65. The molecule has 3 aliphatic heterocycles. The van der Waals surface area contributed by atoms with Gasteiger partial charge in [0.05, 0.1) is 18.1 Å². The number of ether oxygens (including phenoxy) is 1. The third kappa shape index (κ3) is 8.65. The molecule has 4 amide bonds. The molecule has 6 rings (SSSR count). The second-order valence-corrected chi connectivity index (χ2v) is 19.1. The van der Waals surface area contributed by atoms with Crippen molar-refractivity contribution in [1.82, 2.24) is 15.1 Å². The maximum Gasteiger partial charge on any atom is 0.287 e. The number of nitrogens with one attached hydrogen (secondary N) is 1. The quantitative estimate of drug-likeness (QED) is 0.255. The smallest absolute Gasteiger partial charge is 0.287 e. The van der Waals surface area contributed by atoms with Gasteiger partial charge in [0.15, 0.2) is 5.78 Å². The summed E-state index contributed by atoms with van der Waals surface area (Å²) in [5, 5.41) is 2.81. The van der Waals surface area contributed by atoms with Gasteiger partial charge in [0.1, 0.15) is 5.78 Å². The van der Waals surface area contributed by atoms with E-state index in [1.807, 2.05) is 27.7 Å². The van der Waals surface area contributed by atoms with Crippen molar-refractivity contribution in [3.8, 4) is 0 Å². The molecule has 2 unspecified atom stereocenters. The first kappa shape index (κ1) is 39.7. The molecule has 294 valence electrons. The van der Waals surface area contributed by atoms with Gasteiger partial charge in [-0.15, -0.1) is 0 Å². The van der Waals surface area contributed by atoms with Crippen molar-refractivity contribution in [2.45, 2.75) is 150 Å². The van der Waals surface area contributed by atoms with Gasteiger partial charge < -0.3 is 15.0 Å². The number of piperidine rings is 2. The van der Waals surface area contributed by atoms with Crippen LogP contribution in [0.3, 0.4) is 0 Å². The molecule has 3 saturated carbocycles. The molecule has 3 saturated heterocycles. The maximum atomic E-state index is 14.7. The van der Waals surface area contributed by atoms with Crippen molar-refractivity contribution < 1.29 is 38.3 Å². The standard InChI is InChI=1S/C42H63N3O8/c1-24-31(21-30(46)20-28(41(2,3)4)22-45-38(50)26-13-14-27(18-26)39(45)51)40(52)44-23-32-34(42(32,5)6)35(44)33(47)19-25(12-10-8-7-9-11-17-53-24)36(48)37(49)43-29-15-16-29/h24-29,31-32,34-35H,7-23H2,1-6H3,(H,43,49)/t24-,25+,26?,27?,28+,31-,32-,34-,35+/m0/s1. The fraction of sp³-hybridized carbons (Fsp3) is 0.833. The molecule has 9 atom stereocenters. The molecule has 1 N–H and O–H groups in total. The average molecular weight is 738 g/mol. The number of likely N-dealkylation sites (tertiary alicyclic amines) is 1. The Morgan fingerprint density at radius 3 is 2.17 bits per heavy atom. The van der Waals surface area contributed by atoms with Gasteiger partial charge in [0.2, 0.25) is 23.5 Å². The molecular formula is C42H63N3O8. The van der Waals surface area contributed by atoms with Crippen LogP contribution < -0.4 is 5.32 Å². The summed E-state index contributed by atoms with van der Waals surface area (Å²) in [6, 6.07) is -0.687. The Kier molecular flexibility index (Phi) is 11.7. The lowest BCUT2D eigenvalue weighted by Gasteiger charge is -2.38. The van der Waals surface area contributed by atoms with Crippen molar-refractivity contribution in [3.63, 3.8) is 0 Å². The van der Waals surface area contributed by atoms with Crippen LogP contribution in [0.2, 0.25) is 0 Å². The number of Topliss-reactive ketones (excluding diaryl/α,β-unsaturated/α-hetero) is 3. The summed E-state index contributed by atoms with van der Waals surface area (Å²) in [4.78, 5) is 99.1. The minimum atomic E-state index is -0.817. The maximum absolute atomic E-state index is 14.7. The van der Waals surface area contributed by atoms with Gasteiger partial charge in [-0.3, -0.25) is 38.5 Å². The second kappa shape index (κ2) is 15.7. The number of nitrogens with zero attached hydrogens (tertiary/aromatic N) is 2. The van der Waals surface area contributed by atoms with E-state index in [4.69, 9.17) is 4.74 Å². The number of imide groups is 1. The molecule has 2 bridgehead atoms. The molecule has 0 spiro atoms. The van der Waals surface area contributed by atoms with Gasteiger partial charge in [-0.05, 0) is 80.5 Å². The Bertz CT molecular complexity index is 1460. The monoisotopic (exact) mass is 737 g/mol. The number of rotatable bonds is 9. The fourth-order valence-corrected chi connectivity index (χ4v) is 9.95. The van der Waals surface area contributed by atoms with E-state index in [9.17, 15) is 33.6 Å². The van der Waals surface area contributed by atoms with Crippen LogP contribution in [0.25, 0.3) is 0 Å². The zero-order valence-corrected chi connectivity index (χ0v) is 33.0. The number of hydrogen-bond donors (Lipinski definition) is 1. The zero-order chi connectivity index (χ0) is 38.4. The number of carbonyl (C=O) groups is 7. The van der Waals surface area contributed by atoms with Crippen LogP contribution in [-0.2, 0) is 38.3 Å². The number of hydrogen-bond acceptors (Lipinski definition) is 8. The number of amides is 4. The van der Waals surface area contributed by atoms with E-state index in [0.29, 0.717) is 26.0 Å². The zero-order valence-electron chi connectivity index (χ0n) is 33.0. The minimum absolute atomic E-state index is 0.0386. The highest BCUT2D eigenvalue weighted by atomic mass is 16.5. The molecule has 0 aromatic rings. The van der Waals surface area contributed by atoms with Crippen LogP contribution in [0.5, 0.6) is 0 Å². The summed E-state index contributed by atoms with van der Waals surface area (Å²) >= 11 is 0. The molecular weight excluding hydrogens is 674 g/mol. The largest absolute Gasteiger partial charge is 0.378 e. The average Bonchev–Trinajstić information content (AvgIpc) is 3.83. The molecule has 11 nitrogen and oxygen atoms in total. The molecule has 11 heteroatoms. The van der Waals surface area contributed by atoms with Crippen LogP contribution in [0.15, 0.2) is 0 Å². The van der Waals surface area contributed by atoms with E-state index in [-0.39, 0.29) is 102 Å². The Morgan fingerprint density at radius 2 is 1.53 bits per heavy atom. The number of ketones is 3. The van der Waals surface area contributed by atoms with Gasteiger partial charge in [-0.2, -0.15) is 0 Å². The van der Waals surface area contributed by atoms with E-state index in [1.54, 1.807) is 4.90 Å². The van der Waals surface area contributed by atoms with E-state index >= 15 is 0 Å². The Labute approximate surface area is 315 Å². The fourth-order valence-electron chi connectivity index (χ4n) is 9.95. The molecule has 3 heterocycles. The summed E-state index contributed by atoms with van der Waals surface area (Å²) in [6.07, 6.45) is 7.90. The number of carbonyl (C=O) groups excluding carboxylic acids is 7. The third-order valence-corrected chi connectivity index (χ3v) is 14.0. The summed E-state index contributed by atoms with van der Waals surface area (Å²) in [7, 11) is 0. The van der Waals surface area contributed by atoms with Gasteiger partial charge in [0.25, 0.3) is 5.91 Å². The van der Waals surface area contributed by atoms with Gasteiger partial charge >= 0.3 is 0 Å². The SMILES string of the molecule is C[C@@H]1OCCCCCCC[C@@H](C(=O)C(=O)NC2CC2)CC(=O)[C@@H]2[C@@H]3[C@H](CN2C(=O)[C@H]1CC(=O)C[C@H](CN1C(=O)C2CCC(C2)C1=O)C(C)(C)C)C3(C)C. The third-order valence-electron chi connectivity index (χ3n) is 14.0. The second-order valence-electron chi connectivity index (χ2n) is 19.1. The van der Waals surface area contributed by atoms with Crippen LogP contribution >= 0.6 is 0 Å². The normalized spacial score (nSPS) is 34.4. The van der Waals surface area contributed by atoms with Crippen LogP contribution in [0, 0.1) is 52.3 Å². The summed E-state index contributed by atoms with van der Waals surface area (Å²) < 4.78 is 6.27. The summed E-state index contributed by atoms with van der Waals surface area (Å²) in [5.41, 5.74) is -0.529. The van der Waals surface area contributed by atoms with E-state index in [0.717, 1.165) is 57.8 Å². The highest BCUT2D eigenvalue weighted by molar-refractivity contribution is 6.37. The highest BCUT2D eigenvalue weighted by Gasteiger charge is 2.69. The lowest BCUT2D eigenvalue weighted by Crippen LogP contribution is -2.51. The molecule has 6 fully saturated rings. The van der Waals surface area contributed by atoms with E-state index in [1.165, 1.54) is 4.90 Å². The van der Waals surface area contributed by atoms with Gasteiger partial charge in [-0.25, -0.2) is 0 Å². The van der Waals surface area contributed by atoms with Gasteiger partial charge in [-0.1, -0.05) is 60.3 Å². The molecule has 0 radical (unpaired) electrons. The van der Waals surface area contributed by atoms with Crippen molar-refractivity contribution in [1.29, 1.82) is 0 Å². The minimum Gasteiger partial charge on any atom is -0.378 e. The summed E-state index contributed by atoms with van der Waals surface area (Å²) in [6.45, 7) is 13.1. The first-order valence-electron chi connectivity index (χ1n) is 20.6. The molecule has 53 heavy (non-hydrogen) atoms. The Hall–Kier alpha value is -2.95. The van der Waals surface area contributed by atoms with Crippen molar-refractivity contribution in [2.24, 2.45) is 52.3 Å². The van der Waals surface area contributed by atoms with E-state index < -0.39 is 35.7 Å². The van der Waals surface area contributed by atoms with Crippen LogP contribution in [0.4, 0.5) is 0 Å². The lowest BCUT2D eigenvalue weighted by molar-refractivity contribution is -0.154. The van der Waals surface area contributed by atoms with Gasteiger partial charge in [0, 0.05) is 62.8 Å².